The molecule has 0 saturated carbocycles. The van der Waals surface area contributed by atoms with Crippen molar-refractivity contribution in [2.24, 2.45) is 11.7 Å². The lowest BCUT2D eigenvalue weighted by atomic mass is 10.1. The van der Waals surface area contributed by atoms with E-state index in [2.05, 4.69) is 6.07 Å². The first kappa shape index (κ1) is 7.45. The first-order valence-electron chi connectivity index (χ1n) is 2.94. The van der Waals surface area contributed by atoms with Crippen molar-refractivity contribution in [3.05, 3.63) is 0 Å². The average molecular weight is 112 g/mol. The lowest BCUT2D eigenvalue weighted by molar-refractivity contribution is 0.593. The Morgan fingerprint density at radius 2 is 2.38 bits per heavy atom. The van der Waals surface area contributed by atoms with Crippen LogP contribution < -0.4 is 5.73 Å². The molecule has 1 unspecified atom stereocenters. The molecule has 0 aromatic heterocycles. The second-order valence-electron chi connectivity index (χ2n) is 1.81. The summed E-state index contributed by atoms with van der Waals surface area (Å²) in [5.41, 5.74) is 5.23. The molecule has 0 amide bonds. The van der Waals surface area contributed by atoms with E-state index < -0.39 is 0 Å². The van der Waals surface area contributed by atoms with E-state index in [-0.39, 0.29) is 5.92 Å². The zero-order valence-corrected chi connectivity index (χ0v) is 5.22. The Hall–Kier alpha value is -0.550. The van der Waals surface area contributed by atoms with E-state index in [1.165, 1.54) is 0 Å². The van der Waals surface area contributed by atoms with Crippen LogP contribution in [0.4, 0.5) is 0 Å². The minimum Gasteiger partial charge on any atom is -0.330 e. The average Bonchev–Trinajstić information content (AvgIpc) is 1.83. The van der Waals surface area contributed by atoms with Crippen molar-refractivity contribution < 1.29 is 0 Å². The highest BCUT2D eigenvalue weighted by Gasteiger charge is 1.99. The molecule has 0 aliphatic carbocycles. The zero-order valence-electron chi connectivity index (χ0n) is 5.22. The molecule has 0 aromatic rings. The lowest BCUT2D eigenvalue weighted by Crippen LogP contribution is -2.05. The van der Waals surface area contributed by atoms with Gasteiger partial charge in [0, 0.05) is 5.92 Å². The Morgan fingerprint density at radius 1 is 1.75 bits per heavy atom. The van der Waals surface area contributed by atoms with Gasteiger partial charge in [-0.2, -0.15) is 5.26 Å². The second-order valence-corrected chi connectivity index (χ2v) is 1.81. The summed E-state index contributed by atoms with van der Waals surface area (Å²) >= 11 is 0. The molecule has 46 valence electrons. The van der Waals surface area contributed by atoms with E-state index in [0.29, 0.717) is 6.54 Å². The molecule has 1 atom stereocenters. The van der Waals surface area contributed by atoms with Crippen molar-refractivity contribution in [2.45, 2.75) is 19.8 Å². The third-order valence-corrected chi connectivity index (χ3v) is 1.19. The van der Waals surface area contributed by atoms with Gasteiger partial charge in [0.1, 0.15) is 0 Å². The third kappa shape index (κ3) is 2.59. The fourth-order valence-electron chi connectivity index (χ4n) is 0.561. The molecule has 0 heterocycles. The normalized spacial score (nSPS) is 12.6. The van der Waals surface area contributed by atoms with E-state index in [0.717, 1.165) is 12.8 Å². The SMILES string of the molecule is CCC(C#N)CCN. The van der Waals surface area contributed by atoms with Gasteiger partial charge in [-0.3, -0.25) is 0 Å². The number of nitrogens with zero attached hydrogens (tertiary/aromatic N) is 1. The Kier molecular flexibility index (Phi) is 4.29. The van der Waals surface area contributed by atoms with Gasteiger partial charge in [0.15, 0.2) is 0 Å². The van der Waals surface area contributed by atoms with Crippen LogP contribution in [0.1, 0.15) is 19.8 Å². The van der Waals surface area contributed by atoms with Crippen LogP contribution in [0.15, 0.2) is 0 Å². The maximum atomic E-state index is 8.35. The van der Waals surface area contributed by atoms with Crippen molar-refractivity contribution >= 4 is 0 Å². The standard InChI is InChI=1S/C6H12N2/c1-2-6(5-8)3-4-7/h6H,2-4,7H2,1H3. The maximum Gasteiger partial charge on any atom is 0.0656 e. The number of hydrogen-bond acceptors (Lipinski definition) is 2. The Bertz CT molecular complexity index is 83.0. The van der Waals surface area contributed by atoms with Crippen LogP contribution in [0.5, 0.6) is 0 Å². The molecule has 2 nitrogen and oxygen atoms in total. The molecule has 0 spiro atoms. The molecule has 0 radical (unpaired) electrons. The molecule has 0 aromatic carbocycles. The van der Waals surface area contributed by atoms with Crippen LogP contribution in [-0.2, 0) is 0 Å². The summed E-state index contributed by atoms with van der Waals surface area (Å²) in [4.78, 5) is 0. The van der Waals surface area contributed by atoms with Crippen LogP contribution in [0.3, 0.4) is 0 Å². The van der Waals surface area contributed by atoms with Gasteiger partial charge in [-0.25, -0.2) is 0 Å². The van der Waals surface area contributed by atoms with E-state index in [1.54, 1.807) is 0 Å². The van der Waals surface area contributed by atoms with Crippen molar-refractivity contribution in [2.75, 3.05) is 6.54 Å². The molecule has 2 N–H and O–H groups in total. The summed E-state index contributed by atoms with van der Waals surface area (Å²) in [5, 5.41) is 8.35. The van der Waals surface area contributed by atoms with E-state index in [4.69, 9.17) is 11.0 Å². The topological polar surface area (TPSA) is 49.8 Å². The molecular weight excluding hydrogens is 100 g/mol. The third-order valence-electron chi connectivity index (χ3n) is 1.19. The zero-order chi connectivity index (χ0) is 6.41. The highest BCUT2D eigenvalue weighted by Crippen LogP contribution is 2.03. The number of rotatable bonds is 3. The second kappa shape index (κ2) is 4.61. The molecule has 0 aliphatic rings. The monoisotopic (exact) mass is 112 g/mol. The highest BCUT2D eigenvalue weighted by atomic mass is 14.5. The van der Waals surface area contributed by atoms with Crippen LogP contribution in [0.2, 0.25) is 0 Å². The van der Waals surface area contributed by atoms with Gasteiger partial charge in [-0.05, 0) is 19.4 Å². The van der Waals surface area contributed by atoms with Crippen molar-refractivity contribution in [3.63, 3.8) is 0 Å². The van der Waals surface area contributed by atoms with Crippen LogP contribution in [-0.4, -0.2) is 6.54 Å². The quantitative estimate of drug-likeness (QED) is 0.589. The van der Waals surface area contributed by atoms with Gasteiger partial charge in [-0.1, -0.05) is 6.92 Å². The largest absolute Gasteiger partial charge is 0.330 e. The van der Waals surface area contributed by atoms with Gasteiger partial charge in [0.2, 0.25) is 0 Å². The highest BCUT2D eigenvalue weighted by molar-refractivity contribution is 4.80. The van der Waals surface area contributed by atoms with Gasteiger partial charge in [0.25, 0.3) is 0 Å². The summed E-state index contributed by atoms with van der Waals surface area (Å²) in [6.07, 6.45) is 1.76. The van der Waals surface area contributed by atoms with E-state index in [9.17, 15) is 0 Å². The first-order valence-corrected chi connectivity index (χ1v) is 2.94. The molecule has 2 heteroatoms. The summed E-state index contributed by atoms with van der Waals surface area (Å²) in [5.74, 6) is 0.181. The van der Waals surface area contributed by atoms with Crippen LogP contribution in [0.25, 0.3) is 0 Å². The van der Waals surface area contributed by atoms with Gasteiger partial charge in [-0.15, -0.1) is 0 Å². The van der Waals surface area contributed by atoms with Crippen molar-refractivity contribution in [1.29, 1.82) is 5.26 Å². The van der Waals surface area contributed by atoms with Gasteiger partial charge < -0.3 is 5.73 Å². The Morgan fingerprint density at radius 3 is 2.50 bits per heavy atom. The number of hydrogen-bond donors (Lipinski definition) is 1. The fraction of sp³-hybridized carbons (Fsp3) is 0.833. The van der Waals surface area contributed by atoms with E-state index >= 15 is 0 Å². The molecule has 0 bridgehead atoms. The van der Waals surface area contributed by atoms with Crippen molar-refractivity contribution in [3.8, 4) is 6.07 Å². The molecule has 0 rings (SSSR count). The minimum absolute atomic E-state index is 0.181. The number of nitriles is 1. The fourth-order valence-corrected chi connectivity index (χ4v) is 0.561. The minimum atomic E-state index is 0.181. The Balaban J connectivity index is 3.26. The predicted molar refractivity (Wildman–Crippen MR) is 33.1 cm³/mol. The maximum absolute atomic E-state index is 8.35. The van der Waals surface area contributed by atoms with Gasteiger partial charge >= 0.3 is 0 Å². The molecular formula is C6H12N2. The summed E-state index contributed by atoms with van der Waals surface area (Å²) in [6, 6.07) is 2.17. The van der Waals surface area contributed by atoms with Gasteiger partial charge in [0.05, 0.1) is 6.07 Å². The predicted octanol–water partition coefficient (Wildman–Crippen LogP) is 0.885. The number of nitrogens with two attached hydrogens (primary N) is 1. The Labute approximate surface area is 50.3 Å². The van der Waals surface area contributed by atoms with Crippen molar-refractivity contribution in [1.82, 2.24) is 0 Å². The molecule has 8 heavy (non-hydrogen) atoms. The summed E-state index contributed by atoms with van der Waals surface area (Å²) in [6.45, 7) is 2.63. The van der Waals surface area contributed by atoms with E-state index in [1.807, 2.05) is 6.92 Å². The molecule has 0 aliphatic heterocycles. The lowest BCUT2D eigenvalue weighted by Gasteiger charge is -1.99. The van der Waals surface area contributed by atoms with Crippen LogP contribution >= 0.6 is 0 Å². The first-order chi connectivity index (χ1) is 3.85. The van der Waals surface area contributed by atoms with Crippen LogP contribution in [0, 0.1) is 17.2 Å². The summed E-state index contributed by atoms with van der Waals surface area (Å²) < 4.78 is 0. The molecule has 0 saturated heterocycles. The molecule has 0 fully saturated rings. The summed E-state index contributed by atoms with van der Waals surface area (Å²) in [7, 11) is 0. The smallest absolute Gasteiger partial charge is 0.0656 e.